The highest BCUT2D eigenvalue weighted by Gasteiger charge is 2.14. The van der Waals surface area contributed by atoms with E-state index in [9.17, 15) is 20.2 Å². The number of ether oxygens (including phenoxy) is 1. The Labute approximate surface area is 220 Å². The molecular formula is C23H14Br2IN3O4. The summed E-state index contributed by atoms with van der Waals surface area (Å²) in [6.45, 7) is 0.143. The van der Waals surface area contributed by atoms with E-state index in [4.69, 9.17) is 4.74 Å². The maximum absolute atomic E-state index is 12.5. The molecule has 0 radical (unpaired) electrons. The fourth-order valence-electron chi connectivity index (χ4n) is 2.80. The van der Waals surface area contributed by atoms with Crippen molar-refractivity contribution in [3.63, 3.8) is 0 Å². The highest BCUT2D eigenvalue weighted by atomic mass is 127. The third kappa shape index (κ3) is 6.86. The van der Waals surface area contributed by atoms with Crippen LogP contribution in [0.1, 0.15) is 11.1 Å². The van der Waals surface area contributed by atoms with Crippen LogP contribution in [-0.2, 0) is 11.4 Å². The number of hydrogen-bond acceptors (Lipinski definition) is 5. The van der Waals surface area contributed by atoms with Crippen LogP contribution in [0.3, 0.4) is 0 Å². The topological polar surface area (TPSA) is 105 Å². The molecule has 0 bridgehead atoms. The highest BCUT2D eigenvalue weighted by Crippen LogP contribution is 2.33. The molecule has 0 atom stereocenters. The second-order valence-corrected chi connectivity index (χ2v) is 9.60. The largest absolute Gasteiger partial charge is 0.487 e. The zero-order chi connectivity index (χ0) is 24.0. The number of nitriles is 1. The molecule has 0 heterocycles. The van der Waals surface area contributed by atoms with E-state index in [1.807, 2.05) is 12.1 Å². The summed E-state index contributed by atoms with van der Waals surface area (Å²) >= 11 is 8.89. The Bertz CT molecular complexity index is 1280. The van der Waals surface area contributed by atoms with Gasteiger partial charge in [0.15, 0.2) is 0 Å². The van der Waals surface area contributed by atoms with Gasteiger partial charge in [0.05, 0.1) is 13.0 Å². The number of halogens is 3. The number of carbonyl (C=O) groups excluding carboxylic acids is 1. The van der Waals surface area contributed by atoms with E-state index in [0.29, 0.717) is 27.0 Å². The molecule has 1 amide bonds. The molecule has 3 aromatic rings. The van der Waals surface area contributed by atoms with E-state index in [2.05, 4.69) is 59.8 Å². The average molecular weight is 683 g/mol. The van der Waals surface area contributed by atoms with Gasteiger partial charge in [-0.25, -0.2) is 0 Å². The summed E-state index contributed by atoms with van der Waals surface area (Å²) in [6.07, 6.45) is 1.49. The second-order valence-electron chi connectivity index (χ2n) is 6.66. The molecule has 0 saturated heterocycles. The van der Waals surface area contributed by atoms with Crippen LogP contribution in [0.5, 0.6) is 5.75 Å². The number of nitro groups is 1. The molecule has 0 aliphatic heterocycles. The van der Waals surface area contributed by atoms with Gasteiger partial charge in [-0.05, 0) is 86.1 Å². The van der Waals surface area contributed by atoms with Crippen molar-refractivity contribution in [2.45, 2.75) is 6.61 Å². The van der Waals surface area contributed by atoms with E-state index in [-0.39, 0.29) is 17.9 Å². The van der Waals surface area contributed by atoms with Gasteiger partial charge in [-0.15, -0.1) is 0 Å². The summed E-state index contributed by atoms with van der Waals surface area (Å²) < 4.78 is 8.03. The number of non-ortho nitro benzene ring substituents is 1. The molecule has 0 unspecified atom stereocenters. The van der Waals surface area contributed by atoms with Crippen molar-refractivity contribution in [1.29, 1.82) is 5.26 Å². The van der Waals surface area contributed by atoms with Gasteiger partial charge in [-0.3, -0.25) is 14.9 Å². The van der Waals surface area contributed by atoms with Crippen molar-refractivity contribution < 1.29 is 14.5 Å². The Kier molecular flexibility index (Phi) is 8.60. The summed E-state index contributed by atoms with van der Waals surface area (Å²) in [5.41, 5.74) is 1.80. The predicted molar refractivity (Wildman–Crippen MR) is 141 cm³/mol. The van der Waals surface area contributed by atoms with Crippen molar-refractivity contribution in [3.05, 3.63) is 100.0 Å². The Hall–Kier alpha value is -2.75. The fraction of sp³-hybridized carbons (Fsp3) is 0.0435. The number of nitrogens with one attached hydrogen (secondary N) is 1. The molecule has 0 aliphatic rings. The fourth-order valence-corrected chi connectivity index (χ4v) is 4.96. The molecule has 0 aromatic heterocycles. The van der Waals surface area contributed by atoms with Crippen LogP contribution in [0.2, 0.25) is 0 Å². The highest BCUT2D eigenvalue weighted by molar-refractivity contribution is 14.1. The number of nitro benzene ring substituents is 1. The van der Waals surface area contributed by atoms with Gasteiger partial charge in [0.1, 0.15) is 24.0 Å². The van der Waals surface area contributed by atoms with Gasteiger partial charge < -0.3 is 10.1 Å². The summed E-state index contributed by atoms with van der Waals surface area (Å²) in [5.74, 6) is 0.0316. The smallest absolute Gasteiger partial charge is 0.269 e. The number of hydrogen-bond donors (Lipinski definition) is 1. The monoisotopic (exact) mass is 681 g/mol. The van der Waals surface area contributed by atoms with Gasteiger partial charge in [-0.2, -0.15) is 5.26 Å². The van der Waals surface area contributed by atoms with Crippen LogP contribution in [0.25, 0.3) is 6.08 Å². The number of amides is 1. The average Bonchev–Trinajstić information content (AvgIpc) is 2.77. The van der Waals surface area contributed by atoms with E-state index in [1.54, 1.807) is 42.5 Å². The quantitative estimate of drug-likeness (QED) is 0.0965. The molecule has 3 aromatic carbocycles. The molecule has 33 heavy (non-hydrogen) atoms. The maximum Gasteiger partial charge on any atom is 0.269 e. The molecular weight excluding hydrogens is 669 g/mol. The Morgan fingerprint density at radius 1 is 1.18 bits per heavy atom. The Morgan fingerprint density at radius 3 is 2.61 bits per heavy atom. The standard InChI is InChI=1S/C23H14Br2IN3O4/c24-17-4-2-5-18(11-17)28-23(30)16(12-27)7-15-9-20(25)22(21(26)10-15)33-13-14-3-1-6-19(8-14)29(31)32/h1-11H,13H2,(H,28,30)/b16-7-. The predicted octanol–water partition coefficient (Wildman–Crippen LogP) is 6.85. The number of benzene rings is 3. The van der Waals surface area contributed by atoms with Gasteiger partial charge in [0.2, 0.25) is 0 Å². The first-order chi connectivity index (χ1) is 15.8. The van der Waals surface area contributed by atoms with Gasteiger partial charge in [0.25, 0.3) is 11.6 Å². The lowest BCUT2D eigenvalue weighted by Gasteiger charge is -2.12. The summed E-state index contributed by atoms with van der Waals surface area (Å²) in [5, 5.41) is 23.1. The van der Waals surface area contributed by atoms with Gasteiger partial charge in [0, 0.05) is 22.3 Å². The third-order valence-electron chi connectivity index (χ3n) is 4.28. The second kappa shape index (κ2) is 11.4. The molecule has 0 saturated carbocycles. The first kappa shape index (κ1) is 24.9. The molecule has 1 N–H and O–H groups in total. The van der Waals surface area contributed by atoms with Gasteiger partial charge >= 0.3 is 0 Å². The lowest BCUT2D eigenvalue weighted by atomic mass is 10.1. The van der Waals surface area contributed by atoms with Crippen molar-refractivity contribution >= 4 is 77.8 Å². The van der Waals surface area contributed by atoms with Crippen LogP contribution < -0.4 is 10.1 Å². The van der Waals surface area contributed by atoms with E-state index >= 15 is 0 Å². The lowest BCUT2D eigenvalue weighted by Crippen LogP contribution is -2.13. The minimum Gasteiger partial charge on any atom is -0.487 e. The zero-order valence-electron chi connectivity index (χ0n) is 16.7. The van der Waals surface area contributed by atoms with Crippen LogP contribution in [0, 0.1) is 25.0 Å². The Balaban J connectivity index is 1.77. The van der Waals surface area contributed by atoms with Crippen LogP contribution >= 0.6 is 54.5 Å². The minimum absolute atomic E-state index is 0.00415. The number of carbonyl (C=O) groups is 1. The third-order valence-corrected chi connectivity index (χ3v) is 6.17. The van der Waals surface area contributed by atoms with Crippen molar-refractivity contribution in [2.75, 3.05) is 5.32 Å². The molecule has 0 fully saturated rings. The molecule has 3 rings (SSSR count). The van der Waals surface area contributed by atoms with Crippen LogP contribution in [-0.4, -0.2) is 10.8 Å². The summed E-state index contributed by atoms with van der Waals surface area (Å²) in [7, 11) is 0. The van der Waals surface area contributed by atoms with E-state index < -0.39 is 10.8 Å². The minimum atomic E-state index is -0.521. The zero-order valence-corrected chi connectivity index (χ0v) is 22.0. The molecule has 166 valence electrons. The summed E-state index contributed by atoms with van der Waals surface area (Å²) in [6, 6.07) is 18.7. The van der Waals surface area contributed by atoms with Crippen LogP contribution in [0.4, 0.5) is 11.4 Å². The van der Waals surface area contributed by atoms with Gasteiger partial charge in [-0.1, -0.05) is 34.1 Å². The first-order valence-electron chi connectivity index (χ1n) is 9.30. The normalized spacial score (nSPS) is 10.9. The number of nitrogens with zero attached hydrogens (tertiary/aromatic N) is 2. The van der Waals surface area contributed by atoms with E-state index in [1.165, 1.54) is 18.2 Å². The molecule has 0 aliphatic carbocycles. The molecule has 10 heteroatoms. The SMILES string of the molecule is N#C/C(=C/c1cc(Br)c(OCc2cccc([N+](=O)[O-])c2)c(I)c1)C(=O)Nc1cccc(Br)c1. The molecule has 0 spiro atoms. The number of anilines is 1. The summed E-state index contributed by atoms with van der Waals surface area (Å²) in [4.78, 5) is 23.0. The number of rotatable bonds is 7. The van der Waals surface area contributed by atoms with E-state index in [0.717, 1.165) is 8.04 Å². The lowest BCUT2D eigenvalue weighted by molar-refractivity contribution is -0.384. The van der Waals surface area contributed by atoms with Crippen molar-refractivity contribution in [3.8, 4) is 11.8 Å². The Morgan fingerprint density at radius 2 is 1.94 bits per heavy atom. The first-order valence-corrected chi connectivity index (χ1v) is 12.0. The molecule has 7 nitrogen and oxygen atoms in total. The van der Waals surface area contributed by atoms with Crippen molar-refractivity contribution in [2.24, 2.45) is 0 Å². The maximum atomic E-state index is 12.5. The van der Waals surface area contributed by atoms with Crippen molar-refractivity contribution in [1.82, 2.24) is 0 Å². The van der Waals surface area contributed by atoms with Crippen LogP contribution in [0.15, 0.2) is 75.2 Å².